The van der Waals surface area contributed by atoms with Gasteiger partial charge in [-0.25, -0.2) is 4.98 Å². The van der Waals surface area contributed by atoms with Gasteiger partial charge in [0.05, 0.1) is 16.8 Å². The van der Waals surface area contributed by atoms with Crippen LogP contribution in [0.15, 0.2) is 40.3 Å². The Kier molecular flexibility index (Phi) is 6.79. The molecule has 0 radical (unpaired) electrons. The van der Waals surface area contributed by atoms with Crippen LogP contribution in [0.25, 0.3) is 15.9 Å². The third-order valence-corrected chi connectivity index (χ3v) is 8.82. The largest absolute Gasteiger partial charge is 0.325 e. The monoisotopic (exact) mass is 517 g/mol. The first-order chi connectivity index (χ1) is 17.2. The minimum Gasteiger partial charge on any atom is -0.325 e. The number of nitrogens with one attached hydrogen (secondary N) is 1. The maximum atomic E-state index is 14.0. The van der Waals surface area contributed by atoms with Gasteiger partial charge in [-0.15, -0.1) is 11.3 Å². The maximum Gasteiger partial charge on any atom is 0.267 e. The van der Waals surface area contributed by atoms with Gasteiger partial charge >= 0.3 is 0 Å². The fourth-order valence-corrected chi connectivity index (χ4v) is 7.39. The van der Waals surface area contributed by atoms with Crippen molar-refractivity contribution in [3.05, 3.63) is 78.9 Å². The molecular weight excluding hydrogens is 486 g/mol. The average molecular weight is 518 g/mol. The van der Waals surface area contributed by atoms with Crippen molar-refractivity contribution < 1.29 is 4.79 Å². The molecule has 0 aliphatic heterocycles. The van der Waals surface area contributed by atoms with E-state index < -0.39 is 0 Å². The van der Waals surface area contributed by atoms with Crippen LogP contribution in [0.2, 0.25) is 0 Å². The normalized spacial score (nSPS) is 13.1. The van der Waals surface area contributed by atoms with E-state index in [1.165, 1.54) is 27.8 Å². The summed E-state index contributed by atoms with van der Waals surface area (Å²) in [6.45, 7) is 10.1. The molecule has 4 aromatic rings. The molecule has 36 heavy (non-hydrogen) atoms. The number of fused-ring (bicyclic) bond motifs is 3. The van der Waals surface area contributed by atoms with Crippen molar-refractivity contribution in [3.8, 4) is 5.69 Å². The molecule has 0 saturated heterocycles. The number of thioether (sulfide) groups is 1. The maximum absolute atomic E-state index is 14.0. The van der Waals surface area contributed by atoms with E-state index in [9.17, 15) is 9.59 Å². The lowest BCUT2D eigenvalue weighted by Gasteiger charge is -2.15. The lowest BCUT2D eigenvalue weighted by molar-refractivity contribution is -0.113. The zero-order chi connectivity index (χ0) is 25.6. The molecule has 0 spiro atoms. The number of aryl methyl sites for hydroxylation is 7. The fraction of sp³-hybridized carbons (Fsp3) is 0.345. The molecule has 0 unspecified atom stereocenters. The van der Waals surface area contributed by atoms with E-state index in [0.717, 1.165) is 69.5 Å². The highest BCUT2D eigenvalue weighted by atomic mass is 32.2. The summed E-state index contributed by atoms with van der Waals surface area (Å²) in [5.41, 5.74) is 8.23. The molecule has 1 N–H and O–H groups in total. The highest BCUT2D eigenvalue weighted by Crippen LogP contribution is 2.35. The second kappa shape index (κ2) is 9.87. The minimum absolute atomic E-state index is 0.0301. The lowest BCUT2D eigenvalue weighted by Crippen LogP contribution is -2.23. The summed E-state index contributed by atoms with van der Waals surface area (Å²) in [7, 11) is 0. The number of amides is 1. The van der Waals surface area contributed by atoms with Crippen LogP contribution in [0.4, 0.5) is 5.69 Å². The molecule has 1 aliphatic carbocycles. The fourth-order valence-electron chi connectivity index (χ4n) is 5.27. The number of rotatable bonds is 5. The second-order valence-corrected chi connectivity index (χ2v) is 11.9. The first-order valence-corrected chi connectivity index (χ1v) is 14.2. The Hall–Kier alpha value is -2.90. The Morgan fingerprint density at radius 3 is 2.31 bits per heavy atom. The Morgan fingerprint density at radius 2 is 1.61 bits per heavy atom. The van der Waals surface area contributed by atoms with Crippen LogP contribution in [-0.2, 0) is 17.6 Å². The molecule has 1 amide bonds. The van der Waals surface area contributed by atoms with E-state index in [1.807, 2.05) is 39.8 Å². The van der Waals surface area contributed by atoms with Crippen LogP contribution in [0, 0.1) is 34.6 Å². The van der Waals surface area contributed by atoms with Crippen molar-refractivity contribution in [1.82, 2.24) is 9.55 Å². The summed E-state index contributed by atoms with van der Waals surface area (Å²) in [6.07, 6.45) is 4.21. The molecule has 0 atom stereocenters. The number of nitrogens with zero attached hydrogens (tertiary/aromatic N) is 2. The summed E-state index contributed by atoms with van der Waals surface area (Å²) in [6, 6.07) is 10.3. The third-order valence-electron chi connectivity index (χ3n) is 6.70. The van der Waals surface area contributed by atoms with Crippen LogP contribution < -0.4 is 10.9 Å². The first kappa shape index (κ1) is 24.8. The molecule has 5 nitrogen and oxygen atoms in total. The van der Waals surface area contributed by atoms with Crippen LogP contribution in [0.1, 0.15) is 51.1 Å². The van der Waals surface area contributed by atoms with Crippen molar-refractivity contribution in [2.24, 2.45) is 0 Å². The van der Waals surface area contributed by atoms with E-state index in [2.05, 4.69) is 30.4 Å². The number of carbonyl (C=O) groups is 1. The van der Waals surface area contributed by atoms with Crippen LogP contribution in [0.5, 0.6) is 0 Å². The minimum atomic E-state index is -0.109. The number of benzene rings is 2. The quantitative estimate of drug-likeness (QED) is 0.239. The van der Waals surface area contributed by atoms with Gasteiger partial charge in [-0.1, -0.05) is 35.5 Å². The van der Waals surface area contributed by atoms with Gasteiger partial charge < -0.3 is 5.32 Å². The van der Waals surface area contributed by atoms with Gasteiger partial charge in [-0.3, -0.25) is 14.2 Å². The average Bonchev–Trinajstić information content (AvgIpc) is 3.18. The summed E-state index contributed by atoms with van der Waals surface area (Å²) >= 11 is 2.96. The van der Waals surface area contributed by atoms with Crippen LogP contribution >= 0.6 is 23.1 Å². The molecule has 2 aromatic carbocycles. The number of thiophene rings is 1. The van der Waals surface area contributed by atoms with Crippen LogP contribution in [-0.4, -0.2) is 21.2 Å². The molecule has 2 heterocycles. The Balaban J connectivity index is 1.54. The van der Waals surface area contributed by atoms with Crippen molar-refractivity contribution in [2.75, 3.05) is 11.1 Å². The van der Waals surface area contributed by atoms with E-state index >= 15 is 0 Å². The number of hydrogen-bond donors (Lipinski definition) is 1. The highest BCUT2D eigenvalue weighted by molar-refractivity contribution is 7.99. The Bertz CT molecular complexity index is 1520. The second-order valence-electron chi connectivity index (χ2n) is 9.88. The Morgan fingerprint density at radius 1 is 0.972 bits per heavy atom. The molecule has 1 aliphatic rings. The molecule has 0 fully saturated rings. The van der Waals surface area contributed by atoms with Crippen molar-refractivity contribution in [2.45, 2.75) is 65.5 Å². The van der Waals surface area contributed by atoms with Gasteiger partial charge in [0.25, 0.3) is 5.56 Å². The van der Waals surface area contributed by atoms with Gasteiger partial charge in [0.2, 0.25) is 5.91 Å². The molecule has 186 valence electrons. The molecule has 2 aromatic heterocycles. The highest BCUT2D eigenvalue weighted by Gasteiger charge is 2.23. The van der Waals surface area contributed by atoms with Gasteiger partial charge in [-0.05, 0) is 100 Å². The summed E-state index contributed by atoms with van der Waals surface area (Å²) in [5.74, 6) is 0.0579. The first-order valence-electron chi connectivity index (χ1n) is 12.4. The van der Waals surface area contributed by atoms with Gasteiger partial charge in [-0.2, -0.15) is 0 Å². The summed E-state index contributed by atoms with van der Waals surface area (Å²) < 4.78 is 1.71. The number of anilines is 1. The standard InChI is InChI=1S/C29H31N3O2S2/c1-16-10-17(2)14-21(13-16)32-28(34)25-22-8-6-7-9-23(22)36-27(25)31-29(32)35-15-24(33)30-26-19(4)11-18(3)12-20(26)5/h10-14H,6-9,15H2,1-5H3,(H,30,33). The summed E-state index contributed by atoms with van der Waals surface area (Å²) in [4.78, 5) is 34.0. The van der Waals surface area contributed by atoms with Gasteiger partial charge in [0, 0.05) is 10.6 Å². The molecule has 0 saturated carbocycles. The van der Waals surface area contributed by atoms with Crippen molar-refractivity contribution >= 4 is 44.9 Å². The molecule has 5 rings (SSSR count). The van der Waals surface area contributed by atoms with E-state index in [4.69, 9.17) is 4.98 Å². The van der Waals surface area contributed by atoms with Crippen LogP contribution in [0.3, 0.4) is 0 Å². The predicted octanol–water partition coefficient (Wildman–Crippen LogP) is 6.60. The van der Waals surface area contributed by atoms with Crippen molar-refractivity contribution in [1.29, 1.82) is 0 Å². The number of aromatic nitrogens is 2. The predicted molar refractivity (Wildman–Crippen MR) is 151 cm³/mol. The number of carbonyl (C=O) groups excluding carboxylic acids is 1. The molecule has 0 bridgehead atoms. The molecule has 7 heteroatoms. The van der Waals surface area contributed by atoms with Crippen molar-refractivity contribution in [3.63, 3.8) is 0 Å². The number of hydrogen-bond acceptors (Lipinski definition) is 5. The van der Waals surface area contributed by atoms with Gasteiger partial charge in [0.15, 0.2) is 5.16 Å². The van der Waals surface area contributed by atoms with E-state index in [-0.39, 0.29) is 17.2 Å². The van der Waals surface area contributed by atoms with Gasteiger partial charge in [0.1, 0.15) is 4.83 Å². The smallest absolute Gasteiger partial charge is 0.267 e. The zero-order valence-electron chi connectivity index (χ0n) is 21.4. The summed E-state index contributed by atoms with van der Waals surface area (Å²) in [5, 5.41) is 4.39. The Labute approximate surface area is 220 Å². The lowest BCUT2D eigenvalue weighted by atomic mass is 9.97. The SMILES string of the molecule is Cc1cc(C)cc(-n2c(SCC(=O)Nc3c(C)cc(C)cc3C)nc3sc4c(c3c2=O)CCCC4)c1. The topological polar surface area (TPSA) is 64.0 Å². The third kappa shape index (κ3) is 4.74. The zero-order valence-corrected chi connectivity index (χ0v) is 23.1. The van der Waals surface area contributed by atoms with E-state index in [0.29, 0.717) is 5.16 Å². The van der Waals surface area contributed by atoms with E-state index in [1.54, 1.807) is 15.9 Å². The molecular formula is C29H31N3O2S2.